The maximum Gasteiger partial charge on any atom is 0.393 e. The van der Waals surface area contributed by atoms with E-state index < -0.39 is 24.3 Å². The van der Waals surface area contributed by atoms with Gasteiger partial charge in [0.2, 0.25) is 0 Å². The second-order valence-electron chi connectivity index (χ2n) is 7.36. The molecule has 0 aliphatic heterocycles. The lowest BCUT2D eigenvalue weighted by Gasteiger charge is -2.32. The second-order valence-corrected chi connectivity index (χ2v) is 7.36. The summed E-state index contributed by atoms with van der Waals surface area (Å²) in [4.78, 5) is 3.89. The van der Waals surface area contributed by atoms with Gasteiger partial charge in [0.15, 0.2) is 0 Å². The Morgan fingerprint density at radius 2 is 1.83 bits per heavy atom. The molecule has 0 bridgehead atoms. The summed E-state index contributed by atoms with van der Waals surface area (Å²) in [7, 11) is 0. The Morgan fingerprint density at radius 1 is 1.17 bits per heavy atom. The van der Waals surface area contributed by atoms with Gasteiger partial charge in [-0.2, -0.15) is 13.2 Å². The summed E-state index contributed by atoms with van der Waals surface area (Å²) in [6, 6.07) is 3.57. The maximum absolute atomic E-state index is 14.0. The first kappa shape index (κ1) is 18.7. The van der Waals surface area contributed by atoms with Crippen molar-refractivity contribution in [2.24, 2.45) is 10.9 Å². The number of rotatable bonds is 2. The molecule has 1 fully saturated rings. The highest BCUT2D eigenvalue weighted by atomic mass is 19.4. The summed E-state index contributed by atoms with van der Waals surface area (Å²) in [5.74, 6) is -1.80. The van der Waals surface area contributed by atoms with Crippen LogP contribution in [-0.2, 0) is 5.41 Å². The van der Waals surface area contributed by atoms with Crippen molar-refractivity contribution in [1.82, 2.24) is 0 Å². The average Bonchev–Trinajstić information content (AvgIpc) is 2.44. The van der Waals surface area contributed by atoms with Crippen molar-refractivity contribution in [2.75, 3.05) is 0 Å². The van der Waals surface area contributed by atoms with Gasteiger partial charge in [0.25, 0.3) is 0 Å². The van der Waals surface area contributed by atoms with Gasteiger partial charge < -0.3 is 5.11 Å². The molecule has 0 spiro atoms. The van der Waals surface area contributed by atoms with Crippen molar-refractivity contribution in [2.45, 2.75) is 63.8 Å². The summed E-state index contributed by atoms with van der Waals surface area (Å²) in [6.07, 6.45) is -4.73. The van der Waals surface area contributed by atoms with Crippen molar-refractivity contribution >= 4 is 6.21 Å². The van der Waals surface area contributed by atoms with Gasteiger partial charge in [-0.3, -0.25) is 4.99 Å². The van der Waals surface area contributed by atoms with Crippen molar-refractivity contribution in [1.29, 1.82) is 0 Å². The molecular weight excluding hydrogens is 322 g/mol. The number of hydrogen-bond donors (Lipinski definition) is 1. The van der Waals surface area contributed by atoms with E-state index in [1.807, 2.05) is 20.8 Å². The normalized spacial score (nSPS) is 26.0. The Labute approximate surface area is 139 Å². The molecule has 0 radical (unpaired) electrons. The first-order chi connectivity index (χ1) is 11.0. The van der Waals surface area contributed by atoms with E-state index in [0.29, 0.717) is 11.1 Å². The molecule has 0 saturated heterocycles. The monoisotopic (exact) mass is 345 g/mol. The van der Waals surface area contributed by atoms with Gasteiger partial charge in [-0.15, -0.1) is 0 Å². The molecule has 1 aromatic carbocycles. The van der Waals surface area contributed by atoms with Gasteiger partial charge >= 0.3 is 6.18 Å². The van der Waals surface area contributed by atoms with E-state index in [1.54, 1.807) is 18.2 Å². The molecule has 0 aromatic heterocycles. The van der Waals surface area contributed by atoms with Crippen molar-refractivity contribution in [3.63, 3.8) is 0 Å². The predicted octanol–water partition coefficient (Wildman–Crippen LogP) is 5.18. The number of benzene rings is 1. The number of halogens is 4. The molecule has 1 N–H and O–H groups in total. The van der Waals surface area contributed by atoms with Crippen molar-refractivity contribution in [3.8, 4) is 5.75 Å². The summed E-state index contributed by atoms with van der Waals surface area (Å²) in [6.45, 7) is 5.75. The molecule has 2 nitrogen and oxygen atoms in total. The molecule has 2 rings (SSSR count). The van der Waals surface area contributed by atoms with Crippen LogP contribution in [0.5, 0.6) is 5.75 Å². The Balaban J connectivity index is 2.32. The maximum atomic E-state index is 14.0. The Bertz CT molecular complexity index is 604. The molecule has 3 unspecified atom stereocenters. The van der Waals surface area contributed by atoms with E-state index in [2.05, 4.69) is 4.99 Å². The van der Waals surface area contributed by atoms with Crippen molar-refractivity contribution < 1.29 is 22.7 Å². The van der Waals surface area contributed by atoms with Gasteiger partial charge in [0, 0.05) is 11.8 Å². The number of para-hydroxylation sites is 1. The topological polar surface area (TPSA) is 32.6 Å². The molecular formula is C18H23F4NO. The molecule has 24 heavy (non-hydrogen) atoms. The van der Waals surface area contributed by atoms with E-state index >= 15 is 0 Å². The number of hydrogen-bond acceptors (Lipinski definition) is 2. The molecule has 0 amide bonds. The van der Waals surface area contributed by atoms with Crippen molar-refractivity contribution in [3.05, 3.63) is 29.3 Å². The quantitative estimate of drug-likeness (QED) is 0.581. The number of alkyl halides is 4. The van der Waals surface area contributed by atoms with E-state index in [4.69, 9.17) is 0 Å². The highest BCUT2D eigenvalue weighted by Gasteiger charge is 2.49. The summed E-state index contributed by atoms with van der Waals surface area (Å²) in [5.41, 5.74) is 0.649. The zero-order chi connectivity index (χ0) is 18.1. The van der Waals surface area contributed by atoms with E-state index in [0.717, 1.165) is 0 Å². The molecule has 1 aromatic rings. The third-order valence-electron chi connectivity index (χ3n) is 4.46. The van der Waals surface area contributed by atoms with Crippen LogP contribution in [0.2, 0.25) is 0 Å². The third-order valence-corrected chi connectivity index (χ3v) is 4.46. The first-order valence-electron chi connectivity index (χ1n) is 8.08. The van der Waals surface area contributed by atoms with E-state index in [-0.39, 0.29) is 30.4 Å². The number of aliphatic imine (C=N–C) groups is 1. The zero-order valence-corrected chi connectivity index (χ0v) is 14.1. The van der Waals surface area contributed by atoms with Crippen LogP contribution in [0.15, 0.2) is 23.2 Å². The number of aromatic hydroxyl groups is 1. The molecule has 1 saturated carbocycles. The minimum absolute atomic E-state index is 0.0245. The summed E-state index contributed by atoms with van der Waals surface area (Å²) < 4.78 is 53.3. The minimum atomic E-state index is -4.47. The standard InChI is InChI=1S/C18H23F4NO/c1-17(2,3)13-8-4-6-11(16(13)24)10-23-15-12(18(20,21)22)7-5-9-14(15)19/h4,6,8,10,12,14-15,24H,5,7,9H2,1-3H3. The molecule has 1 aliphatic rings. The minimum Gasteiger partial charge on any atom is -0.507 e. The van der Waals surface area contributed by atoms with Gasteiger partial charge in [-0.05, 0) is 36.3 Å². The highest BCUT2D eigenvalue weighted by Crippen LogP contribution is 2.40. The third kappa shape index (κ3) is 4.08. The lowest BCUT2D eigenvalue weighted by molar-refractivity contribution is -0.191. The fourth-order valence-electron chi connectivity index (χ4n) is 3.12. The molecule has 3 atom stereocenters. The first-order valence-corrected chi connectivity index (χ1v) is 8.08. The summed E-state index contributed by atoms with van der Waals surface area (Å²) >= 11 is 0. The number of phenols is 1. The molecule has 6 heteroatoms. The van der Waals surface area contributed by atoms with Gasteiger partial charge in [0.1, 0.15) is 11.9 Å². The lowest BCUT2D eigenvalue weighted by atomic mass is 9.83. The smallest absolute Gasteiger partial charge is 0.393 e. The average molecular weight is 345 g/mol. The van der Waals surface area contributed by atoms with Crippen LogP contribution < -0.4 is 0 Å². The fraction of sp³-hybridized carbons (Fsp3) is 0.611. The van der Waals surface area contributed by atoms with Gasteiger partial charge in [-0.1, -0.05) is 32.9 Å². The van der Waals surface area contributed by atoms with Crippen LogP contribution in [0.1, 0.15) is 51.2 Å². The van der Waals surface area contributed by atoms with Crippen LogP contribution in [-0.4, -0.2) is 29.7 Å². The number of nitrogens with zero attached hydrogens (tertiary/aromatic N) is 1. The highest BCUT2D eigenvalue weighted by molar-refractivity contribution is 5.84. The van der Waals surface area contributed by atoms with Crippen LogP contribution in [0.25, 0.3) is 0 Å². The van der Waals surface area contributed by atoms with Crippen LogP contribution in [0.3, 0.4) is 0 Å². The van der Waals surface area contributed by atoms with Crippen LogP contribution in [0.4, 0.5) is 17.6 Å². The molecule has 134 valence electrons. The zero-order valence-electron chi connectivity index (χ0n) is 14.1. The Morgan fingerprint density at radius 3 is 2.42 bits per heavy atom. The predicted molar refractivity (Wildman–Crippen MR) is 86.5 cm³/mol. The van der Waals surface area contributed by atoms with E-state index in [9.17, 15) is 22.7 Å². The molecule has 0 heterocycles. The SMILES string of the molecule is CC(C)(C)c1cccc(C=NC2C(F)CCCC2C(F)(F)F)c1O. The van der Waals surface area contributed by atoms with Crippen LogP contribution in [0, 0.1) is 5.92 Å². The largest absolute Gasteiger partial charge is 0.507 e. The fourth-order valence-corrected chi connectivity index (χ4v) is 3.12. The van der Waals surface area contributed by atoms with Gasteiger partial charge in [-0.25, -0.2) is 4.39 Å². The van der Waals surface area contributed by atoms with Gasteiger partial charge in [0.05, 0.1) is 12.0 Å². The lowest BCUT2D eigenvalue weighted by Crippen LogP contribution is -2.42. The Hall–Kier alpha value is -1.59. The van der Waals surface area contributed by atoms with Crippen LogP contribution >= 0.6 is 0 Å². The van der Waals surface area contributed by atoms with E-state index in [1.165, 1.54) is 6.21 Å². The Kier molecular flexibility index (Phi) is 5.25. The summed E-state index contributed by atoms with van der Waals surface area (Å²) in [5, 5.41) is 10.3. The number of phenolic OH excluding ortho intramolecular Hbond substituents is 1. The second kappa shape index (κ2) is 6.73. The molecule has 1 aliphatic carbocycles.